The van der Waals surface area contributed by atoms with Gasteiger partial charge in [-0.2, -0.15) is 0 Å². The Morgan fingerprint density at radius 2 is 0.681 bits per heavy atom. The van der Waals surface area contributed by atoms with E-state index in [1.54, 1.807) is 22.5 Å². The first kappa shape index (κ1) is 55.2. The van der Waals surface area contributed by atoms with Crippen molar-refractivity contribution >= 4 is 53.7 Å². The van der Waals surface area contributed by atoms with Crippen LogP contribution in [0.3, 0.4) is 0 Å². The SMILES string of the molecule is CCCCCCCCCCCCCCCCC1CCc2c(n(-c3ccc(-c4ccc(-n5c6c(c7cc(Br)ccc75)CCC(CCCCCCCCCCCCCCCC)C6)cc4)cc3)c3ccc(Br)cc23)C1. The van der Waals surface area contributed by atoms with Crippen molar-refractivity contribution in [2.75, 3.05) is 0 Å². The fourth-order valence-corrected chi connectivity index (χ4v) is 13.9. The van der Waals surface area contributed by atoms with Crippen molar-refractivity contribution < 1.29 is 0 Å². The molecule has 8 rings (SSSR count). The molecule has 0 saturated heterocycles. The highest BCUT2D eigenvalue weighted by Gasteiger charge is 2.28. The maximum absolute atomic E-state index is 3.83. The molecular formula is C68H94Br2N2. The summed E-state index contributed by atoms with van der Waals surface area (Å²) >= 11 is 7.66. The minimum Gasteiger partial charge on any atom is -0.313 e. The van der Waals surface area contributed by atoms with Crippen LogP contribution in [-0.2, 0) is 25.7 Å². The van der Waals surface area contributed by atoms with Gasteiger partial charge in [-0.3, -0.25) is 0 Å². The van der Waals surface area contributed by atoms with Crippen LogP contribution < -0.4 is 0 Å². The summed E-state index contributed by atoms with van der Waals surface area (Å²) in [6, 6.07) is 32.9. The highest BCUT2D eigenvalue weighted by molar-refractivity contribution is 9.10. The molecule has 2 unspecified atom stereocenters. The van der Waals surface area contributed by atoms with Gasteiger partial charge < -0.3 is 9.13 Å². The number of fused-ring (bicyclic) bond motifs is 6. The van der Waals surface area contributed by atoms with Crippen LogP contribution in [-0.4, -0.2) is 9.13 Å². The number of rotatable bonds is 33. The molecule has 390 valence electrons. The van der Waals surface area contributed by atoms with Gasteiger partial charge in [0.2, 0.25) is 0 Å². The second-order valence-corrected chi connectivity index (χ2v) is 24.8. The van der Waals surface area contributed by atoms with Crippen molar-refractivity contribution in [1.29, 1.82) is 0 Å². The molecule has 2 heterocycles. The number of benzene rings is 4. The van der Waals surface area contributed by atoms with Gasteiger partial charge in [-0.25, -0.2) is 0 Å². The van der Waals surface area contributed by atoms with Crippen molar-refractivity contribution in [2.24, 2.45) is 11.8 Å². The minimum atomic E-state index is 0.781. The zero-order valence-electron chi connectivity index (χ0n) is 45.3. The van der Waals surface area contributed by atoms with Gasteiger partial charge in [0, 0.05) is 42.5 Å². The topological polar surface area (TPSA) is 9.86 Å². The van der Waals surface area contributed by atoms with Crippen LogP contribution in [0.25, 0.3) is 44.3 Å². The van der Waals surface area contributed by atoms with Crippen LogP contribution in [0, 0.1) is 11.8 Å². The summed E-state index contributed by atoms with van der Waals surface area (Å²) in [6.07, 6.45) is 50.2. The first-order chi connectivity index (χ1) is 35.5. The molecule has 0 saturated carbocycles. The number of aryl methyl sites for hydroxylation is 2. The first-order valence-electron chi connectivity index (χ1n) is 30.4. The van der Waals surface area contributed by atoms with E-state index < -0.39 is 0 Å². The van der Waals surface area contributed by atoms with E-state index in [0.717, 1.165) is 11.8 Å². The predicted octanol–water partition coefficient (Wildman–Crippen LogP) is 22.7. The quantitative estimate of drug-likeness (QED) is 0.0364. The maximum Gasteiger partial charge on any atom is 0.0535 e. The van der Waals surface area contributed by atoms with Gasteiger partial charge in [-0.05, 0) is 133 Å². The summed E-state index contributed by atoms with van der Waals surface area (Å²) < 4.78 is 7.60. The lowest BCUT2D eigenvalue weighted by Gasteiger charge is -2.25. The Morgan fingerprint density at radius 3 is 1.00 bits per heavy atom. The van der Waals surface area contributed by atoms with E-state index in [-0.39, 0.29) is 0 Å². The maximum atomic E-state index is 3.83. The number of halogens is 2. The Morgan fingerprint density at radius 1 is 0.375 bits per heavy atom. The van der Waals surface area contributed by atoms with E-state index in [2.05, 4.69) is 140 Å². The average Bonchev–Trinajstić information content (AvgIpc) is 3.89. The molecule has 0 fully saturated rings. The summed E-state index contributed by atoms with van der Waals surface area (Å²) in [5.41, 5.74) is 14.1. The lowest BCUT2D eigenvalue weighted by molar-refractivity contribution is 0.398. The van der Waals surface area contributed by atoms with Crippen LogP contribution in [0.15, 0.2) is 93.9 Å². The van der Waals surface area contributed by atoms with Crippen molar-refractivity contribution in [3.05, 3.63) is 116 Å². The lowest BCUT2D eigenvalue weighted by atomic mass is 9.83. The highest BCUT2D eigenvalue weighted by atomic mass is 79.9. The molecule has 4 heteroatoms. The number of hydrogen-bond acceptors (Lipinski definition) is 0. The Bertz CT molecular complexity index is 2330. The molecule has 0 amide bonds. The van der Waals surface area contributed by atoms with Crippen LogP contribution in [0.5, 0.6) is 0 Å². The van der Waals surface area contributed by atoms with Crippen molar-refractivity contribution in [2.45, 2.75) is 245 Å². The molecule has 0 spiro atoms. The molecule has 4 aromatic carbocycles. The summed E-state index contributed by atoms with van der Waals surface area (Å²) in [5, 5.41) is 2.87. The van der Waals surface area contributed by atoms with Gasteiger partial charge in [0.1, 0.15) is 0 Å². The third-order valence-electron chi connectivity index (χ3n) is 17.4. The third-order valence-corrected chi connectivity index (χ3v) is 18.4. The summed E-state index contributed by atoms with van der Waals surface area (Å²) in [4.78, 5) is 0. The largest absolute Gasteiger partial charge is 0.313 e. The molecule has 2 aliphatic carbocycles. The van der Waals surface area contributed by atoms with Gasteiger partial charge in [-0.15, -0.1) is 0 Å². The molecule has 72 heavy (non-hydrogen) atoms. The zero-order chi connectivity index (χ0) is 49.7. The van der Waals surface area contributed by atoms with E-state index in [4.69, 9.17) is 0 Å². The normalized spacial score (nSPS) is 15.7. The fourth-order valence-electron chi connectivity index (χ4n) is 13.1. The van der Waals surface area contributed by atoms with Gasteiger partial charge in [0.25, 0.3) is 0 Å². The third kappa shape index (κ3) is 15.5. The van der Waals surface area contributed by atoms with E-state index in [1.807, 2.05) is 0 Å². The highest BCUT2D eigenvalue weighted by Crippen LogP contribution is 2.41. The lowest BCUT2D eigenvalue weighted by Crippen LogP contribution is -2.16. The Balaban J connectivity index is 0.845. The van der Waals surface area contributed by atoms with Crippen LogP contribution in [0.4, 0.5) is 0 Å². The van der Waals surface area contributed by atoms with E-state index in [9.17, 15) is 0 Å². The molecule has 0 bridgehead atoms. The van der Waals surface area contributed by atoms with Crippen molar-refractivity contribution in [3.8, 4) is 22.5 Å². The minimum absolute atomic E-state index is 0.781. The van der Waals surface area contributed by atoms with Crippen molar-refractivity contribution in [1.82, 2.24) is 9.13 Å². The van der Waals surface area contributed by atoms with E-state index in [1.165, 1.54) is 284 Å². The van der Waals surface area contributed by atoms with Gasteiger partial charge in [-0.1, -0.05) is 263 Å². The Labute approximate surface area is 455 Å². The molecule has 2 atom stereocenters. The predicted molar refractivity (Wildman–Crippen MR) is 322 cm³/mol. The van der Waals surface area contributed by atoms with Gasteiger partial charge in [0.05, 0.1) is 11.0 Å². The standard InChI is InChI=1S/C68H94Br2N2/c1-3-5-7-9-11-13-15-17-19-21-23-25-27-29-31-53-33-45-61-63-51-57(69)39-47-65(63)71(67(61)49-53)59-41-35-55(36-42-59)56-37-43-60(44-38-56)72-66-48-40-58(70)52-64(66)62-46-34-54(50-68(62)72)32-30-28-26-24-22-20-18-16-14-12-10-8-6-4-2/h35-44,47-48,51-54H,3-34,45-46,49-50H2,1-2H3. The zero-order valence-corrected chi connectivity index (χ0v) is 48.5. The summed E-state index contributed by atoms with van der Waals surface area (Å²) in [5.74, 6) is 1.56. The van der Waals surface area contributed by atoms with Crippen LogP contribution in [0.2, 0.25) is 0 Å². The molecule has 2 aliphatic rings. The Kier molecular flexibility index (Phi) is 22.9. The molecule has 6 aromatic rings. The molecule has 0 N–H and O–H groups in total. The second kappa shape index (κ2) is 29.9. The van der Waals surface area contributed by atoms with E-state index in [0.29, 0.717) is 0 Å². The number of hydrogen-bond donors (Lipinski definition) is 0. The van der Waals surface area contributed by atoms with Gasteiger partial charge in [0.15, 0.2) is 0 Å². The molecule has 2 aromatic heterocycles. The molecule has 2 nitrogen and oxygen atoms in total. The monoisotopic (exact) mass is 1100 g/mol. The van der Waals surface area contributed by atoms with Crippen molar-refractivity contribution in [3.63, 3.8) is 0 Å². The van der Waals surface area contributed by atoms with Gasteiger partial charge >= 0.3 is 0 Å². The second-order valence-electron chi connectivity index (χ2n) is 22.9. The summed E-state index contributed by atoms with van der Waals surface area (Å²) in [7, 11) is 0. The number of unbranched alkanes of at least 4 members (excludes halogenated alkanes) is 26. The Hall–Kier alpha value is -3.08. The molecule has 0 aliphatic heterocycles. The molecule has 0 radical (unpaired) electrons. The van der Waals surface area contributed by atoms with Crippen LogP contribution >= 0.6 is 31.9 Å². The number of nitrogens with zero attached hydrogens (tertiary/aromatic N) is 2. The van der Waals surface area contributed by atoms with E-state index >= 15 is 0 Å². The first-order valence-corrected chi connectivity index (χ1v) is 32.0. The fraction of sp³-hybridized carbons (Fsp3) is 0.588. The van der Waals surface area contributed by atoms with Crippen LogP contribution in [0.1, 0.15) is 242 Å². The molecular weight excluding hydrogens is 1000 g/mol. The average molecular weight is 1100 g/mol. The smallest absolute Gasteiger partial charge is 0.0535 e. The number of aromatic nitrogens is 2. The summed E-state index contributed by atoms with van der Waals surface area (Å²) in [6.45, 7) is 4.62.